The number of halogens is 1. The summed E-state index contributed by atoms with van der Waals surface area (Å²) in [7, 11) is -3.72. The SMILES string of the molecule is C=C(c1cc(C)cc(Br)c1)[C@@H]1CN(S(=O)(=O)c2ccc(C)cc2)[C@]2(C)C=C[C@H](O)C[C@H]12. The van der Waals surface area contributed by atoms with Gasteiger partial charge < -0.3 is 5.11 Å². The summed E-state index contributed by atoms with van der Waals surface area (Å²) >= 11 is 3.56. The molecule has 1 N–H and O–H groups in total. The Balaban J connectivity index is 1.78. The van der Waals surface area contributed by atoms with Gasteiger partial charge in [0.1, 0.15) is 0 Å². The van der Waals surface area contributed by atoms with Crippen molar-refractivity contribution in [2.24, 2.45) is 11.8 Å². The van der Waals surface area contributed by atoms with Crippen molar-refractivity contribution in [3.63, 3.8) is 0 Å². The minimum atomic E-state index is -3.72. The van der Waals surface area contributed by atoms with Gasteiger partial charge in [-0.3, -0.25) is 0 Å². The first-order valence-corrected chi connectivity index (χ1v) is 12.7. The maximum absolute atomic E-state index is 13.7. The number of rotatable bonds is 4. The summed E-state index contributed by atoms with van der Waals surface area (Å²) in [4.78, 5) is 0.294. The predicted molar refractivity (Wildman–Crippen MR) is 128 cm³/mol. The smallest absolute Gasteiger partial charge is 0.243 e. The molecule has 1 aliphatic heterocycles. The van der Waals surface area contributed by atoms with E-state index in [1.807, 2.05) is 51.1 Å². The molecule has 2 aromatic carbocycles. The number of hydrogen-bond acceptors (Lipinski definition) is 3. The molecule has 1 aliphatic carbocycles. The van der Waals surface area contributed by atoms with Crippen LogP contribution in [-0.4, -0.2) is 36.0 Å². The third-order valence-electron chi connectivity index (χ3n) is 6.76. The van der Waals surface area contributed by atoms with E-state index in [0.717, 1.165) is 26.7 Å². The van der Waals surface area contributed by atoms with E-state index in [2.05, 4.69) is 28.6 Å². The summed E-state index contributed by atoms with van der Waals surface area (Å²) < 4.78 is 30.0. The van der Waals surface area contributed by atoms with E-state index in [4.69, 9.17) is 0 Å². The van der Waals surface area contributed by atoms with Crippen LogP contribution in [0.3, 0.4) is 0 Å². The predicted octanol–water partition coefficient (Wildman–Crippen LogP) is 5.10. The molecule has 4 nitrogen and oxygen atoms in total. The lowest BCUT2D eigenvalue weighted by molar-refractivity contribution is 0.134. The molecule has 1 fully saturated rings. The highest BCUT2D eigenvalue weighted by Crippen LogP contribution is 2.51. The molecule has 0 saturated carbocycles. The van der Waals surface area contributed by atoms with Crippen LogP contribution in [0.15, 0.2) is 70.6 Å². The van der Waals surface area contributed by atoms with E-state index in [1.54, 1.807) is 22.5 Å². The second-order valence-electron chi connectivity index (χ2n) is 8.99. The zero-order valence-electron chi connectivity index (χ0n) is 18.0. The van der Waals surface area contributed by atoms with E-state index in [-0.39, 0.29) is 11.8 Å². The average Bonchev–Trinajstić information content (AvgIpc) is 3.00. The van der Waals surface area contributed by atoms with Crippen molar-refractivity contribution in [1.82, 2.24) is 4.31 Å². The Labute approximate surface area is 193 Å². The molecule has 4 rings (SSSR count). The number of nitrogens with zero attached hydrogens (tertiary/aromatic N) is 1. The van der Waals surface area contributed by atoms with Crippen LogP contribution in [0.1, 0.15) is 30.0 Å². The lowest BCUT2D eigenvalue weighted by Crippen LogP contribution is -2.49. The van der Waals surface area contributed by atoms with Crippen LogP contribution in [-0.2, 0) is 10.0 Å². The third-order valence-corrected chi connectivity index (χ3v) is 9.21. The quantitative estimate of drug-likeness (QED) is 0.593. The van der Waals surface area contributed by atoms with Crippen LogP contribution < -0.4 is 0 Å². The second-order valence-corrected chi connectivity index (χ2v) is 11.8. The van der Waals surface area contributed by atoms with Gasteiger partial charge in [0.25, 0.3) is 0 Å². The Morgan fingerprint density at radius 1 is 1.16 bits per heavy atom. The molecule has 164 valence electrons. The fraction of sp³-hybridized carbons (Fsp3) is 0.360. The Morgan fingerprint density at radius 2 is 1.84 bits per heavy atom. The van der Waals surface area contributed by atoms with Gasteiger partial charge in [0.15, 0.2) is 0 Å². The summed E-state index contributed by atoms with van der Waals surface area (Å²) in [5, 5.41) is 10.4. The van der Waals surface area contributed by atoms with E-state index in [9.17, 15) is 13.5 Å². The first kappa shape index (κ1) is 22.5. The molecule has 0 radical (unpaired) electrons. The second kappa shape index (κ2) is 8.00. The average molecular weight is 502 g/mol. The number of aryl methyl sites for hydroxylation is 2. The van der Waals surface area contributed by atoms with Gasteiger partial charge in [0, 0.05) is 16.9 Å². The van der Waals surface area contributed by atoms with Crippen molar-refractivity contribution in [1.29, 1.82) is 0 Å². The maximum Gasteiger partial charge on any atom is 0.243 e. The van der Waals surface area contributed by atoms with E-state index >= 15 is 0 Å². The number of hydrogen-bond donors (Lipinski definition) is 1. The lowest BCUT2D eigenvalue weighted by atomic mass is 9.71. The zero-order valence-corrected chi connectivity index (χ0v) is 20.4. The van der Waals surface area contributed by atoms with Crippen LogP contribution in [0, 0.1) is 25.7 Å². The first-order valence-electron chi connectivity index (χ1n) is 10.5. The molecule has 0 bridgehead atoms. The largest absolute Gasteiger partial charge is 0.389 e. The summed E-state index contributed by atoms with van der Waals surface area (Å²) in [6, 6.07) is 13.1. The highest BCUT2D eigenvalue weighted by molar-refractivity contribution is 9.10. The molecule has 2 aromatic rings. The highest BCUT2D eigenvalue weighted by Gasteiger charge is 2.56. The minimum absolute atomic E-state index is 0.0699. The topological polar surface area (TPSA) is 57.6 Å². The molecular weight excluding hydrogens is 474 g/mol. The van der Waals surface area contributed by atoms with Crippen LogP contribution in [0.2, 0.25) is 0 Å². The van der Waals surface area contributed by atoms with Gasteiger partial charge in [-0.15, -0.1) is 0 Å². The van der Waals surface area contributed by atoms with Crippen molar-refractivity contribution >= 4 is 31.5 Å². The van der Waals surface area contributed by atoms with E-state index < -0.39 is 21.7 Å². The van der Waals surface area contributed by atoms with Gasteiger partial charge in [0.05, 0.1) is 16.5 Å². The fourth-order valence-electron chi connectivity index (χ4n) is 5.03. The molecule has 31 heavy (non-hydrogen) atoms. The zero-order chi connectivity index (χ0) is 22.6. The fourth-order valence-corrected chi connectivity index (χ4v) is 7.45. The molecule has 4 atom stereocenters. The van der Waals surface area contributed by atoms with Crippen molar-refractivity contribution in [3.8, 4) is 0 Å². The minimum Gasteiger partial charge on any atom is -0.389 e. The lowest BCUT2D eigenvalue weighted by Gasteiger charge is -2.40. The molecule has 0 unspecified atom stereocenters. The van der Waals surface area contributed by atoms with E-state index in [1.165, 1.54) is 0 Å². The van der Waals surface area contributed by atoms with Gasteiger partial charge >= 0.3 is 0 Å². The van der Waals surface area contributed by atoms with Crippen LogP contribution in [0.4, 0.5) is 0 Å². The molecule has 2 aliphatic rings. The monoisotopic (exact) mass is 501 g/mol. The number of aliphatic hydroxyl groups excluding tert-OH is 1. The molecule has 0 amide bonds. The van der Waals surface area contributed by atoms with Crippen molar-refractivity contribution < 1.29 is 13.5 Å². The number of sulfonamides is 1. The van der Waals surface area contributed by atoms with Crippen LogP contribution >= 0.6 is 15.9 Å². The Hall–Kier alpha value is -1.73. The molecule has 6 heteroatoms. The Bertz CT molecular complexity index is 1140. The standard InChI is InChI=1S/C25H28BrNO3S/c1-16-5-7-22(8-6-16)31(29,30)27-15-23(24-14-21(28)9-10-25(24,27)4)18(3)19-11-17(2)12-20(26)13-19/h5-13,21,23-24,28H,3,14-15H2,1-2,4H3/t21-,23-,24+,25+/m0/s1. The van der Waals surface area contributed by atoms with Crippen molar-refractivity contribution in [3.05, 3.63) is 82.4 Å². The number of aliphatic hydroxyl groups is 1. The van der Waals surface area contributed by atoms with E-state index in [0.29, 0.717) is 17.9 Å². The highest BCUT2D eigenvalue weighted by atomic mass is 79.9. The molecule has 0 spiro atoms. The summed E-state index contributed by atoms with van der Waals surface area (Å²) in [6.07, 6.45) is 3.52. The van der Waals surface area contributed by atoms with Gasteiger partial charge in [-0.05, 0) is 74.1 Å². The summed E-state index contributed by atoms with van der Waals surface area (Å²) in [6.45, 7) is 10.7. The van der Waals surface area contributed by atoms with Crippen molar-refractivity contribution in [2.45, 2.75) is 43.7 Å². The summed E-state index contributed by atoms with van der Waals surface area (Å²) in [5.74, 6) is -0.168. The molecule has 0 aromatic heterocycles. The molecular formula is C25H28BrNO3S. The van der Waals surface area contributed by atoms with Crippen molar-refractivity contribution in [2.75, 3.05) is 6.54 Å². The van der Waals surface area contributed by atoms with Crippen LogP contribution in [0.5, 0.6) is 0 Å². The first-order chi connectivity index (χ1) is 14.5. The molecule has 1 saturated heterocycles. The van der Waals surface area contributed by atoms with Gasteiger partial charge in [-0.1, -0.05) is 58.4 Å². The van der Waals surface area contributed by atoms with Gasteiger partial charge in [-0.25, -0.2) is 8.42 Å². The maximum atomic E-state index is 13.7. The third kappa shape index (κ3) is 3.95. The Morgan fingerprint density at radius 3 is 2.48 bits per heavy atom. The number of fused-ring (bicyclic) bond motifs is 1. The number of benzene rings is 2. The van der Waals surface area contributed by atoms with Gasteiger partial charge in [0.2, 0.25) is 10.0 Å². The summed E-state index contributed by atoms with van der Waals surface area (Å²) in [5.41, 5.74) is 3.31. The van der Waals surface area contributed by atoms with Gasteiger partial charge in [-0.2, -0.15) is 4.31 Å². The van der Waals surface area contributed by atoms with Crippen LogP contribution in [0.25, 0.3) is 5.57 Å². The normalized spacial score (nSPS) is 28.5. The molecule has 1 heterocycles. The Kier molecular flexibility index (Phi) is 5.80.